The lowest BCUT2D eigenvalue weighted by molar-refractivity contribution is 0.576. The molecule has 0 nitrogen and oxygen atoms in total. The van der Waals surface area contributed by atoms with Crippen molar-refractivity contribution in [3.63, 3.8) is 0 Å². The standard InChI is InChI=1S/C8H15Br/c1-4-8(5-2)7(3)6-9/h8H,3-6H2,1-2H3. The Morgan fingerprint density at radius 3 is 2.00 bits per heavy atom. The molecule has 0 heterocycles. The number of rotatable bonds is 4. The Balaban J connectivity index is 3.64. The van der Waals surface area contributed by atoms with Crippen LogP contribution in [0.2, 0.25) is 0 Å². The maximum atomic E-state index is 3.97. The molecule has 0 atom stereocenters. The molecule has 54 valence electrons. The summed E-state index contributed by atoms with van der Waals surface area (Å²) >= 11 is 3.40. The van der Waals surface area contributed by atoms with Crippen molar-refractivity contribution in [1.82, 2.24) is 0 Å². The van der Waals surface area contributed by atoms with Crippen molar-refractivity contribution < 1.29 is 0 Å². The highest BCUT2D eigenvalue weighted by atomic mass is 79.9. The normalized spacial score (nSPS) is 10.2. The molecule has 0 radical (unpaired) electrons. The van der Waals surface area contributed by atoms with Crippen LogP contribution in [0, 0.1) is 5.92 Å². The van der Waals surface area contributed by atoms with Crippen LogP contribution < -0.4 is 0 Å². The van der Waals surface area contributed by atoms with Gasteiger partial charge in [-0.3, -0.25) is 0 Å². The third-order valence-electron chi connectivity index (χ3n) is 1.73. The minimum Gasteiger partial charge on any atom is -0.0987 e. The molecule has 0 aromatic rings. The third kappa shape index (κ3) is 3.04. The highest BCUT2D eigenvalue weighted by Crippen LogP contribution is 2.18. The molecule has 0 aliphatic heterocycles. The zero-order valence-corrected chi connectivity index (χ0v) is 7.87. The van der Waals surface area contributed by atoms with Crippen LogP contribution in [0.5, 0.6) is 0 Å². The van der Waals surface area contributed by atoms with Crippen LogP contribution in [-0.4, -0.2) is 5.33 Å². The fourth-order valence-corrected chi connectivity index (χ4v) is 1.43. The first kappa shape index (κ1) is 9.22. The molecule has 0 N–H and O–H groups in total. The Kier molecular flexibility index (Phi) is 5.16. The molecule has 0 unspecified atom stereocenters. The Hall–Kier alpha value is 0.220. The first-order chi connectivity index (χ1) is 4.26. The van der Waals surface area contributed by atoms with Gasteiger partial charge in [0.1, 0.15) is 0 Å². The van der Waals surface area contributed by atoms with Crippen LogP contribution in [-0.2, 0) is 0 Å². The van der Waals surface area contributed by atoms with Gasteiger partial charge >= 0.3 is 0 Å². The molecule has 1 heteroatoms. The summed E-state index contributed by atoms with van der Waals surface area (Å²) in [5, 5.41) is 0.958. The topological polar surface area (TPSA) is 0 Å². The van der Waals surface area contributed by atoms with Gasteiger partial charge in [-0.25, -0.2) is 0 Å². The van der Waals surface area contributed by atoms with Gasteiger partial charge in [0.15, 0.2) is 0 Å². The van der Waals surface area contributed by atoms with Crippen LogP contribution in [0.4, 0.5) is 0 Å². The second-order valence-corrected chi connectivity index (χ2v) is 2.87. The first-order valence-corrected chi connectivity index (χ1v) is 4.62. The van der Waals surface area contributed by atoms with Crippen molar-refractivity contribution in [2.24, 2.45) is 5.92 Å². The van der Waals surface area contributed by atoms with Gasteiger partial charge in [0, 0.05) is 5.33 Å². The van der Waals surface area contributed by atoms with Crippen molar-refractivity contribution in [2.45, 2.75) is 26.7 Å². The van der Waals surface area contributed by atoms with E-state index in [4.69, 9.17) is 0 Å². The number of allylic oxidation sites excluding steroid dienone is 1. The maximum Gasteiger partial charge on any atom is 0.0241 e. The summed E-state index contributed by atoms with van der Waals surface area (Å²) in [6.45, 7) is 8.39. The zero-order chi connectivity index (χ0) is 7.28. The highest BCUT2D eigenvalue weighted by Gasteiger charge is 2.04. The average Bonchev–Trinajstić information content (AvgIpc) is 1.90. The molecule has 0 saturated carbocycles. The summed E-state index contributed by atoms with van der Waals surface area (Å²) < 4.78 is 0. The molecule has 0 rings (SSSR count). The lowest BCUT2D eigenvalue weighted by atomic mass is 9.97. The molecule has 0 aliphatic rings. The Morgan fingerprint density at radius 2 is 1.89 bits per heavy atom. The van der Waals surface area contributed by atoms with Gasteiger partial charge in [0.2, 0.25) is 0 Å². The molecule has 0 fully saturated rings. The van der Waals surface area contributed by atoms with Crippen molar-refractivity contribution in [2.75, 3.05) is 5.33 Å². The van der Waals surface area contributed by atoms with Crippen molar-refractivity contribution in [3.05, 3.63) is 12.2 Å². The van der Waals surface area contributed by atoms with E-state index in [0.29, 0.717) is 0 Å². The summed E-state index contributed by atoms with van der Waals surface area (Å²) in [6.07, 6.45) is 2.45. The Morgan fingerprint density at radius 1 is 1.44 bits per heavy atom. The number of hydrogen-bond acceptors (Lipinski definition) is 0. The van der Waals surface area contributed by atoms with Crippen molar-refractivity contribution >= 4 is 15.9 Å². The maximum absolute atomic E-state index is 3.97. The second kappa shape index (κ2) is 5.04. The van der Waals surface area contributed by atoms with Crippen LogP contribution in [0.25, 0.3) is 0 Å². The Labute approximate surface area is 66.5 Å². The van der Waals surface area contributed by atoms with E-state index < -0.39 is 0 Å². The van der Waals surface area contributed by atoms with E-state index in [-0.39, 0.29) is 0 Å². The number of alkyl halides is 1. The number of hydrogen-bond donors (Lipinski definition) is 0. The predicted molar refractivity (Wildman–Crippen MR) is 47.0 cm³/mol. The van der Waals surface area contributed by atoms with E-state index in [2.05, 4.69) is 36.4 Å². The van der Waals surface area contributed by atoms with Gasteiger partial charge in [-0.1, -0.05) is 41.9 Å². The van der Waals surface area contributed by atoms with E-state index in [1.165, 1.54) is 18.4 Å². The SMILES string of the molecule is C=C(CBr)C(CC)CC. The number of halogens is 1. The van der Waals surface area contributed by atoms with Crippen LogP contribution in [0.15, 0.2) is 12.2 Å². The van der Waals surface area contributed by atoms with E-state index in [1.807, 2.05) is 0 Å². The van der Waals surface area contributed by atoms with Crippen molar-refractivity contribution in [3.8, 4) is 0 Å². The van der Waals surface area contributed by atoms with E-state index in [9.17, 15) is 0 Å². The fraction of sp³-hybridized carbons (Fsp3) is 0.750. The highest BCUT2D eigenvalue weighted by molar-refractivity contribution is 9.09. The summed E-state index contributed by atoms with van der Waals surface area (Å²) in [5.41, 5.74) is 1.33. The van der Waals surface area contributed by atoms with Gasteiger partial charge in [-0.2, -0.15) is 0 Å². The smallest absolute Gasteiger partial charge is 0.0241 e. The lowest BCUT2D eigenvalue weighted by Gasteiger charge is -2.12. The lowest BCUT2D eigenvalue weighted by Crippen LogP contribution is -2.00. The monoisotopic (exact) mass is 190 g/mol. The second-order valence-electron chi connectivity index (χ2n) is 2.31. The van der Waals surface area contributed by atoms with E-state index >= 15 is 0 Å². The van der Waals surface area contributed by atoms with Gasteiger partial charge in [0.05, 0.1) is 0 Å². The summed E-state index contributed by atoms with van der Waals surface area (Å²) in [4.78, 5) is 0. The third-order valence-corrected chi connectivity index (χ3v) is 2.45. The summed E-state index contributed by atoms with van der Waals surface area (Å²) in [5.74, 6) is 0.726. The molecule has 0 spiro atoms. The Bertz CT molecular complexity index is 82.6. The minimum absolute atomic E-state index is 0.726. The summed E-state index contributed by atoms with van der Waals surface area (Å²) in [7, 11) is 0. The van der Waals surface area contributed by atoms with Crippen molar-refractivity contribution in [1.29, 1.82) is 0 Å². The predicted octanol–water partition coefficient (Wildman–Crippen LogP) is 3.37. The minimum atomic E-state index is 0.726. The fourth-order valence-electron chi connectivity index (χ4n) is 0.975. The molecule has 0 aromatic carbocycles. The van der Waals surface area contributed by atoms with E-state index in [0.717, 1.165) is 11.2 Å². The van der Waals surface area contributed by atoms with Crippen LogP contribution >= 0.6 is 15.9 Å². The molecule has 0 aliphatic carbocycles. The summed E-state index contributed by atoms with van der Waals surface area (Å²) in [6, 6.07) is 0. The van der Waals surface area contributed by atoms with Gasteiger partial charge in [-0.05, 0) is 18.8 Å². The van der Waals surface area contributed by atoms with Crippen LogP contribution in [0.3, 0.4) is 0 Å². The zero-order valence-electron chi connectivity index (χ0n) is 6.28. The van der Waals surface area contributed by atoms with Crippen LogP contribution in [0.1, 0.15) is 26.7 Å². The molecular weight excluding hydrogens is 176 g/mol. The quantitative estimate of drug-likeness (QED) is 0.472. The molecule has 0 amide bonds. The largest absolute Gasteiger partial charge is 0.0987 e. The molecule has 0 aromatic heterocycles. The van der Waals surface area contributed by atoms with E-state index in [1.54, 1.807) is 0 Å². The molecule has 0 bridgehead atoms. The van der Waals surface area contributed by atoms with Gasteiger partial charge in [-0.15, -0.1) is 0 Å². The van der Waals surface area contributed by atoms with Gasteiger partial charge in [0.25, 0.3) is 0 Å². The molecule has 9 heavy (non-hydrogen) atoms. The molecule has 0 saturated heterocycles. The average molecular weight is 191 g/mol. The van der Waals surface area contributed by atoms with Gasteiger partial charge < -0.3 is 0 Å². The molecular formula is C8H15Br. The first-order valence-electron chi connectivity index (χ1n) is 3.49.